The molecule has 1 aromatic carbocycles. The number of rotatable bonds is 1. The second kappa shape index (κ2) is 3.22. The maximum atomic E-state index is 11.3. The highest BCUT2D eigenvalue weighted by Crippen LogP contribution is 2.07. The van der Waals surface area contributed by atoms with E-state index in [9.17, 15) is 4.79 Å². The Kier molecular flexibility index (Phi) is 2.06. The summed E-state index contributed by atoms with van der Waals surface area (Å²) in [6, 6.07) is 9.45. The van der Waals surface area contributed by atoms with Gasteiger partial charge in [-0.2, -0.15) is 0 Å². The van der Waals surface area contributed by atoms with Crippen LogP contribution in [-0.2, 0) is 0 Å². The number of hydrogen-bond donors (Lipinski definition) is 1. The van der Waals surface area contributed by atoms with Crippen LogP contribution in [0.2, 0.25) is 0 Å². The van der Waals surface area contributed by atoms with Gasteiger partial charge >= 0.3 is 5.69 Å². The standard InChI is InChI=1S/C9H7BrN2O/c10-8-6-12(9(13)11-8)7-4-2-1-3-5-7/h1-6H,(H,11,13). The lowest BCUT2D eigenvalue weighted by molar-refractivity contribution is 0.987. The number of hydrogen-bond acceptors (Lipinski definition) is 1. The van der Waals surface area contributed by atoms with Crippen LogP contribution in [0.3, 0.4) is 0 Å². The molecule has 1 aromatic heterocycles. The summed E-state index contributed by atoms with van der Waals surface area (Å²) in [5.41, 5.74) is 0.715. The fourth-order valence-electron chi connectivity index (χ4n) is 1.15. The molecule has 0 fully saturated rings. The van der Waals surface area contributed by atoms with Gasteiger partial charge in [0.05, 0.1) is 5.69 Å². The SMILES string of the molecule is O=c1[nH]c(Br)cn1-c1ccccc1. The number of nitrogens with one attached hydrogen (secondary N) is 1. The zero-order chi connectivity index (χ0) is 9.26. The van der Waals surface area contributed by atoms with Crippen LogP contribution in [0.25, 0.3) is 5.69 Å². The number of benzene rings is 1. The summed E-state index contributed by atoms with van der Waals surface area (Å²) < 4.78 is 2.23. The van der Waals surface area contributed by atoms with Gasteiger partial charge in [-0.05, 0) is 28.1 Å². The minimum Gasteiger partial charge on any atom is -0.300 e. The third kappa shape index (κ3) is 1.58. The molecule has 0 saturated carbocycles. The molecule has 0 aliphatic carbocycles. The Balaban J connectivity index is 2.59. The molecule has 13 heavy (non-hydrogen) atoms. The van der Waals surface area contributed by atoms with Crippen molar-refractivity contribution in [2.75, 3.05) is 0 Å². The molecule has 0 bridgehead atoms. The molecule has 0 aliphatic rings. The lowest BCUT2D eigenvalue weighted by Crippen LogP contribution is -2.13. The van der Waals surface area contributed by atoms with Crippen LogP contribution >= 0.6 is 15.9 Å². The lowest BCUT2D eigenvalue weighted by Gasteiger charge is -1.97. The van der Waals surface area contributed by atoms with Crippen LogP contribution in [0.1, 0.15) is 0 Å². The Morgan fingerprint density at radius 1 is 1.23 bits per heavy atom. The average Bonchev–Trinajstić information content (AvgIpc) is 2.47. The van der Waals surface area contributed by atoms with Crippen molar-refractivity contribution in [2.45, 2.75) is 0 Å². The molecule has 0 spiro atoms. The summed E-state index contributed by atoms with van der Waals surface area (Å²) in [6.07, 6.45) is 1.71. The average molecular weight is 239 g/mol. The second-order valence-electron chi connectivity index (χ2n) is 2.61. The normalized spacial score (nSPS) is 10.2. The summed E-state index contributed by atoms with van der Waals surface area (Å²) in [7, 11) is 0. The third-order valence-electron chi connectivity index (χ3n) is 1.72. The third-order valence-corrected chi connectivity index (χ3v) is 2.12. The fourth-order valence-corrected chi connectivity index (χ4v) is 1.52. The monoisotopic (exact) mass is 238 g/mol. The smallest absolute Gasteiger partial charge is 0.300 e. The highest BCUT2D eigenvalue weighted by atomic mass is 79.9. The number of para-hydroxylation sites is 1. The van der Waals surface area contributed by atoms with Gasteiger partial charge in [-0.15, -0.1) is 0 Å². The minimum absolute atomic E-state index is 0.141. The van der Waals surface area contributed by atoms with Crippen molar-refractivity contribution < 1.29 is 0 Å². The molecule has 2 aromatic rings. The topological polar surface area (TPSA) is 37.8 Å². The number of halogens is 1. The molecular formula is C9H7BrN2O. The van der Waals surface area contributed by atoms with Gasteiger partial charge in [-0.1, -0.05) is 18.2 Å². The first-order valence-corrected chi connectivity index (χ1v) is 4.59. The summed E-state index contributed by atoms with van der Waals surface area (Å²) in [5, 5.41) is 0. The molecule has 0 atom stereocenters. The predicted molar refractivity (Wildman–Crippen MR) is 54.1 cm³/mol. The van der Waals surface area contributed by atoms with Crippen LogP contribution in [0.4, 0.5) is 0 Å². The van der Waals surface area contributed by atoms with E-state index in [4.69, 9.17) is 0 Å². The van der Waals surface area contributed by atoms with E-state index in [1.54, 1.807) is 10.8 Å². The summed E-state index contributed by atoms with van der Waals surface area (Å²) in [5.74, 6) is 0. The van der Waals surface area contributed by atoms with Gasteiger partial charge in [-0.25, -0.2) is 4.79 Å². The van der Waals surface area contributed by atoms with E-state index in [0.29, 0.717) is 4.60 Å². The molecule has 4 heteroatoms. The van der Waals surface area contributed by atoms with E-state index < -0.39 is 0 Å². The molecule has 0 saturated heterocycles. The molecular weight excluding hydrogens is 232 g/mol. The molecule has 1 N–H and O–H groups in total. The van der Waals surface area contributed by atoms with Crippen LogP contribution in [0.5, 0.6) is 0 Å². The zero-order valence-corrected chi connectivity index (χ0v) is 8.28. The second-order valence-corrected chi connectivity index (χ2v) is 3.47. The van der Waals surface area contributed by atoms with Crippen molar-refractivity contribution in [1.29, 1.82) is 0 Å². The van der Waals surface area contributed by atoms with Crippen LogP contribution in [-0.4, -0.2) is 9.55 Å². The van der Waals surface area contributed by atoms with Crippen LogP contribution < -0.4 is 5.69 Å². The van der Waals surface area contributed by atoms with E-state index >= 15 is 0 Å². The fraction of sp³-hybridized carbons (Fsp3) is 0. The predicted octanol–water partition coefficient (Wildman–Crippen LogP) is 1.93. The Hall–Kier alpha value is -1.29. The molecule has 2 rings (SSSR count). The quantitative estimate of drug-likeness (QED) is 0.811. The molecule has 0 aliphatic heterocycles. The van der Waals surface area contributed by atoms with Crippen LogP contribution in [0.15, 0.2) is 45.9 Å². The summed E-state index contributed by atoms with van der Waals surface area (Å²) >= 11 is 3.20. The van der Waals surface area contributed by atoms with Gasteiger partial charge in [0.2, 0.25) is 0 Å². The first kappa shape index (κ1) is 8.31. The van der Waals surface area contributed by atoms with E-state index in [1.807, 2.05) is 30.3 Å². The molecule has 1 heterocycles. The van der Waals surface area contributed by atoms with Gasteiger partial charge in [0.15, 0.2) is 0 Å². The molecule has 0 unspecified atom stereocenters. The number of H-pyrrole nitrogens is 1. The summed E-state index contributed by atoms with van der Waals surface area (Å²) in [6.45, 7) is 0. The van der Waals surface area contributed by atoms with E-state index in [0.717, 1.165) is 5.69 Å². The van der Waals surface area contributed by atoms with Gasteiger partial charge in [0.25, 0.3) is 0 Å². The largest absolute Gasteiger partial charge is 0.330 e. The van der Waals surface area contributed by atoms with Gasteiger partial charge in [0, 0.05) is 6.20 Å². The molecule has 0 amide bonds. The molecule has 66 valence electrons. The number of aromatic amines is 1. The minimum atomic E-state index is -0.141. The van der Waals surface area contributed by atoms with Crippen molar-refractivity contribution in [3.63, 3.8) is 0 Å². The lowest BCUT2D eigenvalue weighted by atomic mass is 10.3. The first-order chi connectivity index (χ1) is 6.27. The van der Waals surface area contributed by atoms with Crippen molar-refractivity contribution in [2.24, 2.45) is 0 Å². The van der Waals surface area contributed by atoms with Crippen LogP contribution in [0, 0.1) is 0 Å². The van der Waals surface area contributed by atoms with Crippen molar-refractivity contribution in [3.05, 3.63) is 51.6 Å². The maximum absolute atomic E-state index is 11.3. The molecule has 0 radical (unpaired) electrons. The summed E-state index contributed by atoms with van der Waals surface area (Å²) in [4.78, 5) is 13.9. The zero-order valence-electron chi connectivity index (χ0n) is 6.70. The van der Waals surface area contributed by atoms with E-state index in [2.05, 4.69) is 20.9 Å². The Bertz CT molecular complexity index is 458. The van der Waals surface area contributed by atoms with Gasteiger partial charge < -0.3 is 0 Å². The highest BCUT2D eigenvalue weighted by molar-refractivity contribution is 9.10. The highest BCUT2D eigenvalue weighted by Gasteiger charge is 2.00. The van der Waals surface area contributed by atoms with Gasteiger partial charge in [-0.3, -0.25) is 9.55 Å². The maximum Gasteiger partial charge on any atom is 0.330 e. The Labute approximate surface area is 83.2 Å². The molecule has 3 nitrogen and oxygen atoms in total. The van der Waals surface area contributed by atoms with Gasteiger partial charge in [0.1, 0.15) is 4.60 Å². The first-order valence-electron chi connectivity index (χ1n) is 3.80. The Morgan fingerprint density at radius 3 is 2.46 bits per heavy atom. The number of aromatic nitrogens is 2. The number of nitrogens with zero attached hydrogens (tertiary/aromatic N) is 1. The Morgan fingerprint density at radius 2 is 1.92 bits per heavy atom. The van der Waals surface area contributed by atoms with Crippen molar-refractivity contribution in [1.82, 2.24) is 9.55 Å². The number of imidazole rings is 1. The van der Waals surface area contributed by atoms with E-state index in [-0.39, 0.29) is 5.69 Å². The van der Waals surface area contributed by atoms with Crippen molar-refractivity contribution >= 4 is 15.9 Å². The van der Waals surface area contributed by atoms with Crippen molar-refractivity contribution in [3.8, 4) is 5.69 Å². The van der Waals surface area contributed by atoms with E-state index in [1.165, 1.54) is 0 Å².